The van der Waals surface area contributed by atoms with Crippen LogP contribution in [0.25, 0.3) is 0 Å². The summed E-state index contributed by atoms with van der Waals surface area (Å²) in [6, 6.07) is 10.6. The monoisotopic (exact) mass is 468 g/mol. The van der Waals surface area contributed by atoms with Crippen molar-refractivity contribution in [3.05, 3.63) is 86.0 Å². The summed E-state index contributed by atoms with van der Waals surface area (Å²) < 4.78 is 39.9. The van der Waals surface area contributed by atoms with Crippen molar-refractivity contribution in [2.75, 3.05) is 5.32 Å². The predicted octanol–water partition coefficient (Wildman–Crippen LogP) is 4.87. The molecule has 0 unspecified atom stereocenters. The first-order chi connectivity index (χ1) is 13.6. The van der Waals surface area contributed by atoms with Crippen LogP contribution in [-0.4, -0.2) is 20.6 Å². The van der Waals surface area contributed by atoms with Crippen LogP contribution in [0.4, 0.5) is 24.7 Å². The van der Waals surface area contributed by atoms with Crippen LogP contribution in [-0.2, 0) is 12.7 Å². The SMILES string of the molecule is O=C(Nc1cccc(C(F)(F)F)c1)c1ccc(Cn2cc(Br)c([N+](=O)[O-])n2)cc1. The number of rotatable bonds is 5. The minimum atomic E-state index is -4.50. The molecule has 1 heterocycles. The van der Waals surface area contributed by atoms with Crippen molar-refractivity contribution >= 4 is 33.3 Å². The van der Waals surface area contributed by atoms with E-state index >= 15 is 0 Å². The number of hydrogen-bond acceptors (Lipinski definition) is 4. The van der Waals surface area contributed by atoms with Crippen molar-refractivity contribution in [1.29, 1.82) is 0 Å². The lowest BCUT2D eigenvalue weighted by Crippen LogP contribution is -2.13. The van der Waals surface area contributed by atoms with Gasteiger partial charge in [-0.15, -0.1) is 0 Å². The van der Waals surface area contributed by atoms with Crippen molar-refractivity contribution in [2.45, 2.75) is 12.7 Å². The number of carbonyl (C=O) groups is 1. The van der Waals surface area contributed by atoms with E-state index in [4.69, 9.17) is 0 Å². The maximum absolute atomic E-state index is 12.8. The van der Waals surface area contributed by atoms with Gasteiger partial charge in [-0.05, 0) is 56.7 Å². The van der Waals surface area contributed by atoms with Gasteiger partial charge in [0.15, 0.2) is 0 Å². The molecule has 0 atom stereocenters. The van der Waals surface area contributed by atoms with Crippen LogP contribution in [0.15, 0.2) is 59.2 Å². The lowest BCUT2D eigenvalue weighted by molar-refractivity contribution is -0.390. The van der Waals surface area contributed by atoms with E-state index in [1.54, 1.807) is 12.1 Å². The van der Waals surface area contributed by atoms with Crippen LogP contribution in [0.2, 0.25) is 0 Å². The number of nitro groups is 1. The van der Waals surface area contributed by atoms with Crippen molar-refractivity contribution in [1.82, 2.24) is 9.78 Å². The Morgan fingerprint density at radius 1 is 1.21 bits per heavy atom. The molecule has 1 N–H and O–H groups in total. The summed E-state index contributed by atoms with van der Waals surface area (Å²) >= 11 is 3.06. The summed E-state index contributed by atoms with van der Waals surface area (Å²) in [5.74, 6) is -0.865. The number of halogens is 4. The summed E-state index contributed by atoms with van der Waals surface area (Å²) in [6.07, 6.45) is -3.04. The first-order valence-electron chi connectivity index (χ1n) is 8.08. The van der Waals surface area contributed by atoms with Crippen molar-refractivity contribution in [3.63, 3.8) is 0 Å². The molecule has 0 saturated carbocycles. The molecule has 3 rings (SSSR count). The van der Waals surface area contributed by atoms with Gasteiger partial charge in [-0.1, -0.05) is 18.2 Å². The summed E-state index contributed by atoms with van der Waals surface area (Å²) in [5.41, 5.74) is 0.150. The third-order valence-corrected chi connectivity index (χ3v) is 4.44. The maximum atomic E-state index is 12.8. The molecule has 11 heteroatoms. The molecule has 29 heavy (non-hydrogen) atoms. The van der Waals surface area contributed by atoms with Crippen LogP contribution in [0.1, 0.15) is 21.5 Å². The highest BCUT2D eigenvalue weighted by atomic mass is 79.9. The van der Waals surface area contributed by atoms with Crippen LogP contribution in [0, 0.1) is 10.1 Å². The van der Waals surface area contributed by atoms with E-state index in [1.807, 2.05) is 0 Å². The topological polar surface area (TPSA) is 90.1 Å². The normalized spacial score (nSPS) is 11.3. The second kappa shape index (κ2) is 8.03. The van der Waals surface area contributed by atoms with Gasteiger partial charge in [-0.2, -0.15) is 17.9 Å². The highest BCUT2D eigenvalue weighted by molar-refractivity contribution is 9.10. The van der Waals surface area contributed by atoms with Crippen molar-refractivity contribution in [3.8, 4) is 0 Å². The zero-order valence-corrected chi connectivity index (χ0v) is 16.1. The van der Waals surface area contributed by atoms with E-state index in [0.29, 0.717) is 0 Å². The van der Waals surface area contributed by atoms with E-state index in [9.17, 15) is 28.1 Å². The molecule has 2 aromatic carbocycles. The predicted molar refractivity (Wildman–Crippen MR) is 102 cm³/mol. The second-order valence-electron chi connectivity index (χ2n) is 5.98. The number of anilines is 1. The zero-order valence-electron chi connectivity index (χ0n) is 14.5. The van der Waals surface area contributed by atoms with E-state index in [-0.39, 0.29) is 28.1 Å². The number of benzene rings is 2. The fourth-order valence-electron chi connectivity index (χ4n) is 2.52. The molecule has 7 nitrogen and oxygen atoms in total. The van der Waals surface area contributed by atoms with Gasteiger partial charge in [0.1, 0.15) is 4.47 Å². The number of alkyl halides is 3. The highest BCUT2D eigenvalue weighted by Gasteiger charge is 2.30. The Hall–Kier alpha value is -3.21. The number of carbonyl (C=O) groups excluding carboxylic acids is 1. The van der Waals surface area contributed by atoms with Gasteiger partial charge in [0, 0.05) is 11.3 Å². The van der Waals surface area contributed by atoms with E-state index < -0.39 is 22.6 Å². The number of nitrogens with zero attached hydrogens (tertiary/aromatic N) is 3. The smallest absolute Gasteiger partial charge is 0.358 e. The highest BCUT2D eigenvalue weighted by Crippen LogP contribution is 2.30. The molecule has 0 aliphatic carbocycles. The molecule has 3 aromatic rings. The minimum absolute atomic E-state index is 0.0302. The number of aromatic nitrogens is 2. The van der Waals surface area contributed by atoms with Crippen LogP contribution >= 0.6 is 15.9 Å². The molecule has 0 aliphatic rings. The average molecular weight is 469 g/mol. The quantitative estimate of drug-likeness (QED) is 0.427. The molecule has 1 amide bonds. The van der Waals surface area contributed by atoms with Gasteiger partial charge in [0.2, 0.25) is 0 Å². The van der Waals surface area contributed by atoms with Gasteiger partial charge in [-0.3, -0.25) is 4.79 Å². The third kappa shape index (κ3) is 4.99. The third-order valence-electron chi connectivity index (χ3n) is 3.88. The number of nitrogens with one attached hydrogen (secondary N) is 1. The van der Waals surface area contributed by atoms with E-state index in [2.05, 4.69) is 26.3 Å². The molecular formula is C18H12BrF3N4O3. The average Bonchev–Trinajstić information content (AvgIpc) is 3.02. The molecule has 0 aliphatic heterocycles. The summed E-state index contributed by atoms with van der Waals surface area (Å²) in [4.78, 5) is 22.5. The van der Waals surface area contributed by atoms with Crippen LogP contribution in [0.5, 0.6) is 0 Å². The van der Waals surface area contributed by atoms with Crippen LogP contribution in [0.3, 0.4) is 0 Å². The molecule has 0 bridgehead atoms. The Kier molecular flexibility index (Phi) is 5.69. The van der Waals surface area contributed by atoms with Gasteiger partial charge < -0.3 is 15.4 Å². The fourth-order valence-corrected chi connectivity index (χ4v) is 2.98. The molecule has 1 aromatic heterocycles. The molecule has 0 spiro atoms. The summed E-state index contributed by atoms with van der Waals surface area (Å²) in [6.45, 7) is 0.238. The maximum Gasteiger partial charge on any atom is 0.416 e. The Balaban J connectivity index is 1.69. The molecule has 0 fully saturated rings. The number of amides is 1. The first kappa shape index (κ1) is 20.5. The number of hydrogen-bond donors (Lipinski definition) is 1. The Labute approximate surface area is 170 Å². The Bertz CT molecular complexity index is 1060. The molecule has 150 valence electrons. The van der Waals surface area contributed by atoms with Gasteiger partial charge in [-0.25, -0.2) is 0 Å². The zero-order chi connectivity index (χ0) is 21.2. The Morgan fingerprint density at radius 3 is 2.48 bits per heavy atom. The molecular weight excluding hydrogens is 457 g/mol. The van der Waals surface area contributed by atoms with Crippen LogP contribution < -0.4 is 5.32 Å². The van der Waals surface area contributed by atoms with Crippen molar-refractivity contribution < 1.29 is 22.9 Å². The minimum Gasteiger partial charge on any atom is -0.358 e. The van der Waals surface area contributed by atoms with Gasteiger partial charge >= 0.3 is 12.0 Å². The van der Waals surface area contributed by atoms with Gasteiger partial charge in [0.25, 0.3) is 5.91 Å². The van der Waals surface area contributed by atoms with E-state index in [1.165, 1.54) is 35.1 Å². The Morgan fingerprint density at radius 2 is 1.90 bits per heavy atom. The summed E-state index contributed by atoms with van der Waals surface area (Å²) in [5, 5.41) is 17.1. The summed E-state index contributed by atoms with van der Waals surface area (Å²) in [7, 11) is 0. The lowest BCUT2D eigenvalue weighted by Gasteiger charge is -2.10. The molecule has 0 saturated heterocycles. The van der Waals surface area contributed by atoms with Crippen molar-refractivity contribution in [2.24, 2.45) is 0 Å². The van der Waals surface area contributed by atoms with Gasteiger partial charge in [0.05, 0.1) is 23.4 Å². The second-order valence-corrected chi connectivity index (χ2v) is 6.84. The van der Waals surface area contributed by atoms with E-state index in [0.717, 1.165) is 17.7 Å². The first-order valence-corrected chi connectivity index (χ1v) is 8.87. The standard InChI is InChI=1S/C18H12BrF3N4O3/c19-15-10-25(24-16(15)26(28)29)9-11-4-6-12(7-5-11)17(27)23-14-3-1-2-13(8-14)18(20,21)22/h1-8,10H,9H2,(H,23,27). The lowest BCUT2D eigenvalue weighted by atomic mass is 10.1. The largest absolute Gasteiger partial charge is 0.416 e. The molecule has 0 radical (unpaired) electrons. The fraction of sp³-hybridized carbons (Fsp3) is 0.111.